The van der Waals surface area contributed by atoms with Crippen LogP contribution in [0.25, 0.3) is 0 Å². The van der Waals surface area contributed by atoms with Crippen molar-refractivity contribution in [2.75, 3.05) is 6.61 Å². The Morgan fingerprint density at radius 2 is 1.39 bits per heavy atom. The number of amides is 1. The molecule has 0 saturated heterocycles. The van der Waals surface area contributed by atoms with E-state index in [4.69, 9.17) is 4.74 Å². The van der Waals surface area contributed by atoms with E-state index in [1.54, 1.807) is 30.3 Å². The third-order valence-electron chi connectivity index (χ3n) is 7.86. The number of rotatable bonds is 26. The van der Waals surface area contributed by atoms with Crippen LogP contribution in [0.3, 0.4) is 0 Å². The molecule has 0 spiro atoms. The average molecular weight is 646 g/mol. The smallest absolute Gasteiger partial charge is 0.337 e. The Hall–Kier alpha value is -3.66. The summed E-state index contributed by atoms with van der Waals surface area (Å²) >= 11 is 0. The Bertz CT molecular complexity index is 1120. The van der Waals surface area contributed by atoms with Crippen molar-refractivity contribution in [3.05, 3.63) is 53.6 Å². The summed E-state index contributed by atoms with van der Waals surface area (Å²) in [6, 6.07) is 5.20. The van der Waals surface area contributed by atoms with Gasteiger partial charge in [-0.15, -0.1) is 0 Å². The lowest BCUT2D eigenvalue weighted by Gasteiger charge is -2.29. The van der Waals surface area contributed by atoms with Gasteiger partial charge in [-0.2, -0.15) is 0 Å². The van der Waals surface area contributed by atoms with Crippen LogP contribution >= 0.6 is 0 Å². The molecule has 1 rings (SSSR count). The summed E-state index contributed by atoms with van der Waals surface area (Å²) in [5.41, 5.74) is -1.30. The highest BCUT2D eigenvalue weighted by Crippen LogP contribution is 2.26. The zero-order chi connectivity index (χ0) is 34.4. The van der Waals surface area contributed by atoms with Crippen LogP contribution in [-0.2, 0) is 25.6 Å². The van der Waals surface area contributed by atoms with Gasteiger partial charge in [-0.1, -0.05) is 107 Å². The molecule has 0 aliphatic heterocycles. The standard InChI is InChI=1S/C36H55NO9/c1-4-5-6-7-8-9-10-11-12-13-14-15-16-17-18-30(36(45,35(43)44)26-32(38)39)33(40)37-31(34(41)42)25-28-19-21-29(22-20-28)46-24-23-27(2)3/h17-23,30-31,45H,4-16,24-26H2,1-3H3,(H,37,40)(H,38,39)(H,41,42)(H,43,44)/b18-17+/t30-,31-,36-/m0/s1. The predicted molar refractivity (Wildman–Crippen MR) is 178 cm³/mol. The van der Waals surface area contributed by atoms with E-state index < -0.39 is 47.8 Å². The summed E-state index contributed by atoms with van der Waals surface area (Å²) in [6.45, 7) is 6.50. The Morgan fingerprint density at radius 3 is 1.87 bits per heavy atom. The van der Waals surface area contributed by atoms with E-state index in [1.807, 2.05) is 19.9 Å². The minimum absolute atomic E-state index is 0.130. The molecule has 0 radical (unpaired) electrons. The van der Waals surface area contributed by atoms with Gasteiger partial charge in [-0.05, 0) is 50.5 Å². The van der Waals surface area contributed by atoms with Crippen LogP contribution < -0.4 is 10.1 Å². The maximum Gasteiger partial charge on any atom is 0.337 e. The first kappa shape index (κ1) is 40.4. The summed E-state index contributed by atoms with van der Waals surface area (Å²) < 4.78 is 5.61. The number of nitrogens with one attached hydrogen (secondary N) is 1. The van der Waals surface area contributed by atoms with E-state index in [0.717, 1.165) is 31.3 Å². The third-order valence-corrected chi connectivity index (χ3v) is 7.86. The molecule has 1 amide bonds. The molecular weight excluding hydrogens is 590 g/mol. The second kappa shape index (κ2) is 22.8. The number of allylic oxidation sites excluding steroid dienone is 2. The first-order chi connectivity index (χ1) is 21.9. The number of carboxylic acid groups (broad SMARTS) is 3. The van der Waals surface area contributed by atoms with E-state index in [2.05, 4.69) is 12.2 Å². The number of carbonyl (C=O) groups is 4. The van der Waals surface area contributed by atoms with Gasteiger partial charge in [0.1, 0.15) is 18.4 Å². The molecule has 0 aromatic heterocycles. The highest BCUT2D eigenvalue weighted by Gasteiger charge is 2.49. The van der Waals surface area contributed by atoms with Crippen molar-refractivity contribution in [1.82, 2.24) is 5.32 Å². The van der Waals surface area contributed by atoms with Crippen LogP contribution in [0, 0.1) is 5.92 Å². The van der Waals surface area contributed by atoms with Gasteiger partial charge in [0.25, 0.3) is 0 Å². The van der Waals surface area contributed by atoms with Crippen LogP contribution in [0.5, 0.6) is 5.75 Å². The molecule has 0 saturated carbocycles. The summed E-state index contributed by atoms with van der Waals surface area (Å²) in [5.74, 6) is -7.21. The first-order valence-corrected chi connectivity index (χ1v) is 16.6. The fraction of sp³-hybridized carbons (Fsp3) is 0.611. The van der Waals surface area contributed by atoms with Crippen LogP contribution in [0.1, 0.15) is 116 Å². The average Bonchev–Trinajstić information content (AvgIpc) is 2.98. The highest BCUT2D eigenvalue weighted by molar-refractivity contribution is 5.94. The lowest BCUT2D eigenvalue weighted by Crippen LogP contribution is -2.55. The van der Waals surface area contributed by atoms with Gasteiger partial charge < -0.3 is 30.5 Å². The first-order valence-electron chi connectivity index (χ1n) is 16.6. The lowest BCUT2D eigenvalue weighted by atomic mass is 9.82. The Morgan fingerprint density at radius 1 is 0.848 bits per heavy atom. The predicted octanol–water partition coefficient (Wildman–Crippen LogP) is 6.70. The van der Waals surface area contributed by atoms with E-state index in [-0.39, 0.29) is 6.42 Å². The lowest BCUT2D eigenvalue weighted by molar-refractivity contribution is -0.172. The zero-order valence-corrected chi connectivity index (χ0v) is 27.8. The highest BCUT2D eigenvalue weighted by atomic mass is 16.5. The fourth-order valence-corrected chi connectivity index (χ4v) is 5.07. The van der Waals surface area contributed by atoms with Crippen LogP contribution in [0.15, 0.2) is 48.1 Å². The molecule has 10 nitrogen and oxygen atoms in total. The molecule has 0 heterocycles. The van der Waals surface area contributed by atoms with E-state index in [1.165, 1.54) is 57.4 Å². The number of benzene rings is 1. The van der Waals surface area contributed by atoms with Crippen LogP contribution in [0.4, 0.5) is 0 Å². The molecule has 3 atom stereocenters. The Labute approximate surface area is 273 Å². The van der Waals surface area contributed by atoms with Crippen LogP contribution in [-0.4, -0.2) is 62.5 Å². The van der Waals surface area contributed by atoms with Gasteiger partial charge in [0.05, 0.1) is 12.3 Å². The normalized spacial score (nSPS) is 13.8. The quantitative estimate of drug-likeness (QED) is 0.0543. The number of carboxylic acids is 3. The van der Waals surface area contributed by atoms with Gasteiger partial charge in [-0.3, -0.25) is 9.59 Å². The van der Waals surface area contributed by atoms with Gasteiger partial charge in [0.15, 0.2) is 5.60 Å². The summed E-state index contributed by atoms with van der Waals surface area (Å²) in [4.78, 5) is 48.9. The summed E-state index contributed by atoms with van der Waals surface area (Å²) in [5, 5.41) is 42.1. The molecule has 0 aliphatic rings. The fourth-order valence-electron chi connectivity index (χ4n) is 5.07. The maximum atomic E-state index is 13.3. The molecule has 0 fully saturated rings. The molecule has 5 N–H and O–H groups in total. The molecule has 0 unspecified atom stereocenters. The number of carbonyl (C=O) groups excluding carboxylic acids is 1. The van der Waals surface area contributed by atoms with Crippen molar-refractivity contribution in [1.29, 1.82) is 0 Å². The minimum atomic E-state index is -2.98. The van der Waals surface area contributed by atoms with Crippen molar-refractivity contribution in [2.24, 2.45) is 5.92 Å². The van der Waals surface area contributed by atoms with Gasteiger partial charge in [-0.25, -0.2) is 9.59 Å². The number of aliphatic carboxylic acids is 3. The van der Waals surface area contributed by atoms with Gasteiger partial charge in [0, 0.05) is 6.42 Å². The molecule has 46 heavy (non-hydrogen) atoms. The number of unbranched alkanes of at least 4 members (excludes halogenated alkanes) is 12. The molecule has 0 aliphatic carbocycles. The number of aliphatic hydroxyl groups is 1. The zero-order valence-electron chi connectivity index (χ0n) is 27.8. The molecule has 1 aromatic carbocycles. The molecule has 1 aromatic rings. The van der Waals surface area contributed by atoms with E-state index in [0.29, 0.717) is 24.3 Å². The van der Waals surface area contributed by atoms with Crippen molar-refractivity contribution < 1.29 is 44.3 Å². The monoisotopic (exact) mass is 645 g/mol. The SMILES string of the molecule is CCCCCCCCCCCCCC/C=C/[C@@H](C(=O)N[C@@H](Cc1ccc(OCC=C(C)C)cc1)C(=O)O)[C@@](O)(CC(=O)O)C(=O)O. The van der Waals surface area contributed by atoms with Gasteiger partial charge in [0.2, 0.25) is 5.91 Å². The summed E-state index contributed by atoms with van der Waals surface area (Å²) in [6.07, 6.45) is 17.8. The van der Waals surface area contributed by atoms with Crippen molar-refractivity contribution in [2.45, 2.75) is 129 Å². The Balaban J connectivity index is 2.81. The number of hydrogen-bond acceptors (Lipinski definition) is 6. The molecule has 258 valence electrons. The third kappa shape index (κ3) is 16.6. The van der Waals surface area contributed by atoms with Crippen molar-refractivity contribution in [3.8, 4) is 5.75 Å². The van der Waals surface area contributed by atoms with Gasteiger partial charge >= 0.3 is 17.9 Å². The second-order valence-electron chi connectivity index (χ2n) is 12.2. The second-order valence-corrected chi connectivity index (χ2v) is 12.2. The topological polar surface area (TPSA) is 170 Å². The Kier molecular flexibility index (Phi) is 20.0. The minimum Gasteiger partial charge on any atom is -0.490 e. The molecule has 10 heteroatoms. The van der Waals surface area contributed by atoms with E-state index >= 15 is 0 Å². The molecular formula is C36H55NO9. The largest absolute Gasteiger partial charge is 0.490 e. The molecule has 0 bridgehead atoms. The summed E-state index contributed by atoms with van der Waals surface area (Å²) in [7, 11) is 0. The maximum absolute atomic E-state index is 13.3. The number of hydrogen-bond donors (Lipinski definition) is 5. The van der Waals surface area contributed by atoms with E-state index in [9.17, 15) is 39.6 Å². The van der Waals surface area contributed by atoms with Crippen molar-refractivity contribution >= 4 is 23.8 Å². The number of ether oxygens (including phenoxy) is 1. The van der Waals surface area contributed by atoms with Crippen molar-refractivity contribution in [3.63, 3.8) is 0 Å². The van der Waals surface area contributed by atoms with Crippen LogP contribution in [0.2, 0.25) is 0 Å².